The third kappa shape index (κ3) is 1.66. The number of benzene rings is 1. The third-order valence-corrected chi connectivity index (χ3v) is 4.43. The summed E-state index contributed by atoms with van der Waals surface area (Å²) in [6.45, 7) is 3.03. The highest BCUT2D eigenvalue weighted by Crippen LogP contribution is 2.66. The normalized spacial score (nSPS) is 32.7. The van der Waals surface area contributed by atoms with Crippen molar-refractivity contribution in [3.8, 4) is 0 Å². The lowest BCUT2D eigenvalue weighted by Gasteiger charge is -2.22. The molecule has 0 amide bonds. The van der Waals surface area contributed by atoms with Crippen molar-refractivity contribution in [2.45, 2.75) is 26.2 Å². The zero-order valence-corrected chi connectivity index (χ0v) is 9.95. The predicted octanol–water partition coefficient (Wildman–Crippen LogP) is 1.97. The van der Waals surface area contributed by atoms with E-state index in [1.165, 1.54) is 5.56 Å². The van der Waals surface area contributed by atoms with E-state index in [4.69, 9.17) is 5.73 Å². The van der Waals surface area contributed by atoms with Crippen LogP contribution in [0.4, 0.5) is 0 Å². The first-order valence-corrected chi connectivity index (χ1v) is 6.07. The van der Waals surface area contributed by atoms with Crippen molar-refractivity contribution in [3.63, 3.8) is 0 Å². The Labute approximate surface area is 97.5 Å². The van der Waals surface area contributed by atoms with Crippen LogP contribution in [0, 0.1) is 10.8 Å². The van der Waals surface area contributed by atoms with Crippen molar-refractivity contribution in [2.24, 2.45) is 16.6 Å². The first-order valence-electron chi connectivity index (χ1n) is 6.07. The van der Waals surface area contributed by atoms with Gasteiger partial charge in [0.1, 0.15) is 0 Å². The maximum Gasteiger partial charge on any atom is 0.0505 e. The van der Waals surface area contributed by atoms with Gasteiger partial charge in [-0.25, -0.2) is 0 Å². The van der Waals surface area contributed by atoms with E-state index >= 15 is 0 Å². The zero-order chi connectivity index (χ0) is 11.6. The van der Waals surface area contributed by atoms with E-state index in [9.17, 15) is 5.11 Å². The maximum atomic E-state index is 9.52. The molecule has 0 bridgehead atoms. The average Bonchev–Trinajstić information content (AvgIpc) is 3.00. The Morgan fingerprint density at radius 3 is 2.38 bits per heavy atom. The number of aliphatic hydroxyl groups is 1. The number of nitrogens with two attached hydrogens (primary N) is 1. The van der Waals surface area contributed by atoms with Gasteiger partial charge >= 0.3 is 0 Å². The van der Waals surface area contributed by atoms with Gasteiger partial charge in [0.25, 0.3) is 0 Å². The lowest BCUT2D eigenvalue weighted by atomic mass is 9.85. The lowest BCUT2D eigenvalue weighted by Crippen LogP contribution is -2.28. The second kappa shape index (κ2) is 4.19. The Balaban J connectivity index is 2.15. The van der Waals surface area contributed by atoms with Crippen LogP contribution >= 0.6 is 0 Å². The molecule has 1 saturated carbocycles. The van der Waals surface area contributed by atoms with E-state index < -0.39 is 0 Å². The fraction of sp³-hybridized carbons (Fsp3) is 0.571. The molecule has 2 rings (SSSR count). The molecule has 2 heteroatoms. The van der Waals surface area contributed by atoms with Crippen molar-refractivity contribution in [3.05, 3.63) is 35.9 Å². The van der Waals surface area contributed by atoms with Gasteiger partial charge in [0.15, 0.2) is 0 Å². The van der Waals surface area contributed by atoms with E-state index in [1.807, 2.05) is 6.07 Å². The van der Waals surface area contributed by atoms with Crippen LogP contribution in [0.5, 0.6) is 0 Å². The van der Waals surface area contributed by atoms with Gasteiger partial charge in [0, 0.05) is 12.0 Å². The Morgan fingerprint density at radius 2 is 1.94 bits per heavy atom. The third-order valence-electron chi connectivity index (χ3n) is 4.43. The summed E-state index contributed by atoms with van der Waals surface area (Å²) in [7, 11) is 0. The van der Waals surface area contributed by atoms with E-state index in [0.717, 1.165) is 19.3 Å². The molecule has 0 radical (unpaired) electrons. The van der Waals surface area contributed by atoms with Crippen LogP contribution in [0.25, 0.3) is 0 Å². The van der Waals surface area contributed by atoms with Gasteiger partial charge in [0.05, 0.1) is 6.61 Å². The van der Waals surface area contributed by atoms with Crippen LogP contribution in [0.3, 0.4) is 0 Å². The first kappa shape index (κ1) is 11.6. The molecule has 1 aliphatic rings. The SMILES string of the molecule is CCC1(Cc2ccccc2)CC1(CN)CO. The molecule has 0 aliphatic heterocycles. The molecule has 0 saturated heterocycles. The van der Waals surface area contributed by atoms with Crippen LogP contribution in [0.15, 0.2) is 30.3 Å². The standard InChI is InChI=1S/C14H21NO/c1-2-13(9-14(13,10-15)11-16)8-12-6-4-3-5-7-12/h3-7,16H,2,8-11,15H2,1H3. The summed E-state index contributed by atoms with van der Waals surface area (Å²) >= 11 is 0. The fourth-order valence-electron chi connectivity index (χ4n) is 3.04. The summed E-state index contributed by atoms with van der Waals surface area (Å²) in [4.78, 5) is 0. The lowest BCUT2D eigenvalue weighted by molar-refractivity contribution is 0.171. The smallest absolute Gasteiger partial charge is 0.0505 e. The molecule has 2 unspecified atom stereocenters. The van der Waals surface area contributed by atoms with Crippen molar-refractivity contribution >= 4 is 0 Å². The predicted molar refractivity (Wildman–Crippen MR) is 66.1 cm³/mol. The summed E-state index contributed by atoms with van der Waals surface area (Å²) in [5, 5.41) is 9.52. The van der Waals surface area contributed by atoms with Crippen molar-refractivity contribution in [2.75, 3.05) is 13.2 Å². The van der Waals surface area contributed by atoms with Gasteiger partial charge in [-0.1, -0.05) is 37.3 Å². The van der Waals surface area contributed by atoms with E-state index in [1.54, 1.807) is 0 Å². The number of hydrogen-bond donors (Lipinski definition) is 2. The molecule has 3 N–H and O–H groups in total. The van der Waals surface area contributed by atoms with Crippen LogP contribution in [0.1, 0.15) is 25.3 Å². The molecule has 88 valence electrons. The molecule has 1 aromatic carbocycles. The van der Waals surface area contributed by atoms with Gasteiger partial charge in [-0.3, -0.25) is 0 Å². The molecule has 2 nitrogen and oxygen atoms in total. The highest BCUT2D eigenvalue weighted by Gasteiger charge is 2.64. The Morgan fingerprint density at radius 1 is 1.25 bits per heavy atom. The Bertz CT molecular complexity index is 345. The van der Waals surface area contributed by atoms with E-state index in [-0.39, 0.29) is 17.4 Å². The summed E-state index contributed by atoms with van der Waals surface area (Å²) < 4.78 is 0. The summed E-state index contributed by atoms with van der Waals surface area (Å²) in [6.07, 6.45) is 3.21. The summed E-state index contributed by atoms with van der Waals surface area (Å²) in [5.74, 6) is 0. The minimum atomic E-state index is -0.0163. The van der Waals surface area contributed by atoms with Crippen LogP contribution < -0.4 is 5.73 Å². The molecule has 0 aromatic heterocycles. The summed E-state index contributed by atoms with van der Waals surface area (Å²) in [5.41, 5.74) is 7.40. The Hall–Kier alpha value is -0.860. The molecule has 0 spiro atoms. The average molecular weight is 219 g/mol. The minimum absolute atomic E-state index is 0.0163. The molecule has 1 fully saturated rings. The van der Waals surface area contributed by atoms with E-state index in [0.29, 0.717) is 6.54 Å². The molecule has 1 aliphatic carbocycles. The molecule has 1 aromatic rings. The topological polar surface area (TPSA) is 46.2 Å². The van der Waals surface area contributed by atoms with Gasteiger partial charge in [-0.05, 0) is 30.2 Å². The Kier molecular flexibility index (Phi) is 3.04. The van der Waals surface area contributed by atoms with Crippen LogP contribution in [-0.4, -0.2) is 18.3 Å². The van der Waals surface area contributed by atoms with Crippen molar-refractivity contribution in [1.29, 1.82) is 0 Å². The van der Waals surface area contributed by atoms with Gasteiger partial charge in [-0.15, -0.1) is 0 Å². The van der Waals surface area contributed by atoms with E-state index in [2.05, 4.69) is 31.2 Å². The van der Waals surface area contributed by atoms with Gasteiger partial charge in [-0.2, -0.15) is 0 Å². The zero-order valence-electron chi connectivity index (χ0n) is 9.95. The largest absolute Gasteiger partial charge is 0.396 e. The fourth-order valence-corrected chi connectivity index (χ4v) is 3.04. The highest BCUT2D eigenvalue weighted by atomic mass is 16.3. The quantitative estimate of drug-likeness (QED) is 0.795. The van der Waals surface area contributed by atoms with Crippen molar-refractivity contribution < 1.29 is 5.11 Å². The monoisotopic (exact) mass is 219 g/mol. The highest BCUT2D eigenvalue weighted by molar-refractivity contribution is 5.24. The second-order valence-corrected chi connectivity index (χ2v) is 5.12. The number of hydrogen-bond acceptors (Lipinski definition) is 2. The molecular weight excluding hydrogens is 198 g/mol. The first-order chi connectivity index (χ1) is 7.72. The van der Waals surface area contributed by atoms with Crippen LogP contribution in [0.2, 0.25) is 0 Å². The molecule has 16 heavy (non-hydrogen) atoms. The second-order valence-electron chi connectivity index (χ2n) is 5.12. The van der Waals surface area contributed by atoms with Gasteiger partial charge < -0.3 is 10.8 Å². The minimum Gasteiger partial charge on any atom is -0.396 e. The molecular formula is C14H21NO. The van der Waals surface area contributed by atoms with Crippen LogP contribution in [-0.2, 0) is 6.42 Å². The molecule has 0 heterocycles. The van der Waals surface area contributed by atoms with Gasteiger partial charge in [0.2, 0.25) is 0 Å². The number of aliphatic hydroxyl groups excluding tert-OH is 1. The number of rotatable bonds is 5. The summed E-state index contributed by atoms with van der Waals surface area (Å²) in [6, 6.07) is 10.5. The maximum absolute atomic E-state index is 9.52. The molecule has 2 atom stereocenters. The van der Waals surface area contributed by atoms with Crippen molar-refractivity contribution in [1.82, 2.24) is 0 Å².